The minimum absolute atomic E-state index is 0.213. The Bertz CT molecular complexity index is 276. The summed E-state index contributed by atoms with van der Waals surface area (Å²) >= 11 is 0. The molecule has 0 saturated heterocycles. The molecule has 0 fully saturated rings. The van der Waals surface area contributed by atoms with Gasteiger partial charge >= 0.3 is 0 Å². The molecule has 4 heteroatoms. The Labute approximate surface area is 69.2 Å². The maximum atomic E-state index is 12.6. The van der Waals surface area contributed by atoms with E-state index in [1.165, 1.54) is 6.07 Å². The van der Waals surface area contributed by atoms with Crippen LogP contribution in [0.1, 0.15) is 11.6 Å². The lowest BCUT2D eigenvalue weighted by atomic mass is 10.1. The van der Waals surface area contributed by atoms with Gasteiger partial charge in [-0.3, -0.25) is 0 Å². The molecule has 0 bridgehead atoms. The van der Waals surface area contributed by atoms with Crippen molar-refractivity contribution < 1.29 is 8.78 Å². The first-order chi connectivity index (χ1) is 5.65. The molecule has 0 spiro atoms. The zero-order valence-electron chi connectivity index (χ0n) is 6.43. The van der Waals surface area contributed by atoms with Crippen molar-refractivity contribution in [2.45, 2.75) is 6.04 Å². The SMILES string of the molecule is NCC(N)c1ccc(F)c(F)c1. The molecule has 1 atom stereocenters. The van der Waals surface area contributed by atoms with Gasteiger partial charge in [-0.15, -0.1) is 0 Å². The molecule has 1 unspecified atom stereocenters. The van der Waals surface area contributed by atoms with E-state index in [-0.39, 0.29) is 6.54 Å². The molecule has 12 heavy (non-hydrogen) atoms. The number of rotatable bonds is 2. The van der Waals surface area contributed by atoms with Crippen LogP contribution in [0, 0.1) is 11.6 Å². The van der Waals surface area contributed by atoms with Gasteiger partial charge in [0.15, 0.2) is 11.6 Å². The minimum atomic E-state index is -0.892. The lowest BCUT2D eigenvalue weighted by Gasteiger charge is -2.08. The van der Waals surface area contributed by atoms with Crippen LogP contribution >= 0.6 is 0 Å². The van der Waals surface area contributed by atoms with Gasteiger partial charge in [0, 0.05) is 12.6 Å². The highest BCUT2D eigenvalue weighted by Crippen LogP contribution is 2.13. The summed E-state index contributed by atoms with van der Waals surface area (Å²) in [5, 5.41) is 0. The summed E-state index contributed by atoms with van der Waals surface area (Å²) in [5.74, 6) is -1.76. The van der Waals surface area contributed by atoms with Gasteiger partial charge in [0.1, 0.15) is 0 Å². The maximum absolute atomic E-state index is 12.6. The summed E-state index contributed by atoms with van der Waals surface area (Å²) < 4.78 is 25.0. The van der Waals surface area contributed by atoms with Crippen LogP contribution in [0.25, 0.3) is 0 Å². The van der Waals surface area contributed by atoms with Crippen LogP contribution in [0.5, 0.6) is 0 Å². The molecule has 0 aliphatic rings. The molecule has 0 saturated carbocycles. The molecule has 66 valence electrons. The molecule has 0 amide bonds. The highest BCUT2D eigenvalue weighted by molar-refractivity contribution is 5.21. The third kappa shape index (κ3) is 1.78. The number of nitrogens with two attached hydrogens (primary N) is 2. The largest absolute Gasteiger partial charge is 0.329 e. The molecule has 0 aliphatic carbocycles. The molecule has 4 N–H and O–H groups in total. The van der Waals surface area contributed by atoms with E-state index in [9.17, 15) is 8.78 Å². The Balaban J connectivity index is 2.96. The minimum Gasteiger partial charge on any atom is -0.329 e. The predicted octanol–water partition coefficient (Wildman–Crippen LogP) is 0.923. The van der Waals surface area contributed by atoms with Gasteiger partial charge in [-0.1, -0.05) is 6.07 Å². The van der Waals surface area contributed by atoms with Crippen LogP contribution in [0.15, 0.2) is 18.2 Å². The fourth-order valence-corrected chi connectivity index (χ4v) is 0.879. The molecular weight excluding hydrogens is 162 g/mol. The van der Waals surface area contributed by atoms with Crippen LogP contribution in [-0.4, -0.2) is 6.54 Å². The van der Waals surface area contributed by atoms with Crippen LogP contribution in [0.2, 0.25) is 0 Å². The molecular formula is C8H10F2N2. The Morgan fingerprint density at radius 3 is 2.42 bits per heavy atom. The van der Waals surface area contributed by atoms with Crippen molar-refractivity contribution in [1.82, 2.24) is 0 Å². The van der Waals surface area contributed by atoms with E-state index in [4.69, 9.17) is 11.5 Å². The van der Waals surface area contributed by atoms with Crippen LogP contribution in [0.3, 0.4) is 0 Å². The standard InChI is InChI=1S/C8H10F2N2/c9-6-2-1-5(3-7(6)10)8(12)4-11/h1-3,8H,4,11-12H2. The van der Waals surface area contributed by atoms with Crippen molar-refractivity contribution in [3.8, 4) is 0 Å². The summed E-state index contributed by atoms with van der Waals surface area (Å²) in [4.78, 5) is 0. The van der Waals surface area contributed by atoms with Gasteiger partial charge in [-0.25, -0.2) is 8.78 Å². The van der Waals surface area contributed by atoms with Crippen molar-refractivity contribution >= 4 is 0 Å². The molecule has 0 aromatic heterocycles. The van der Waals surface area contributed by atoms with E-state index >= 15 is 0 Å². The van der Waals surface area contributed by atoms with Crippen LogP contribution in [-0.2, 0) is 0 Å². The van der Waals surface area contributed by atoms with Crippen molar-refractivity contribution in [2.75, 3.05) is 6.54 Å². The van der Waals surface area contributed by atoms with Gasteiger partial charge in [0.05, 0.1) is 0 Å². The van der Waals surface area contributed by atoms with E-state index in [1.54, 1.807) is 0 Å². The Morgan fingerprint density at radius 1 is 1.25 bits per heavy atom. The number of halogens is 2. The van der Waals surface area contributed by atoms with Gasteiger partial charge < -0.3 is 11.5 Å². The van der Waals surface area contributed by atoms with Crippen molar-refractivity contribution in [3.63, 3.8) is 0 Å². The first-order valence-corrected chi connectivity index (χ1v) is 3.55. The lowest BCUT2D eigenvalue weighted by molar-refractivity contribution is 0.505. The lowest BCUT2D eigenvalue weighted by Crippen LogP contribution is -2.20. The second kappa shape index (κ2) is 3.60. The highest BCUT2D eigenvalue weighted by Gasteiger charge is 2.07. The fourth-order valence-electron chi connectivity index (χ4n) is 0.879. The van der Waals surface area contributed by atoms with Crippen LogP contribution < -0.4 is 11.5 Å². The summed E-state index contributed by atoms with van der Waals surface area (Å²) in [6.07, 6.45) is 0. The number of benzene rings is 1. The monoisotopic (exact) mass is 172 g/mol. The first-order valence-electron chi connectivity index (χ1n) is 3.55. The zero-order chi connectivity index (χ0) is 9.14. The average Bonchev–Trinajstić information content (AvgIpc) is 2.08. The van der Waals surface area contributed by atoms with Crippen molar-refractivity contribution in [3.05, 3.63) is 35.4 Å². The molecule has 1 aromatic rings. The first kappa shape index (κ1) is 9.09. The van der Waals surface area contributed by atoms with E-state index in [0.29, 0.717) is 5.56 Å². The Hall–Kier alpha value is -1.00. The molecule has 0 heterocycles. The molecule has 0 aliphatic heterocycles. The van der Waals surface area contributed by atoms with E-state index in [2.05, 4.69) is 0 Å². The third-order valence-electron chi connectivity index (χ3n) is 1.63. The smallest absolute Gasteiger partial charge is 0.159 e. The van der Waals surface area contributed by atoms with E-state index in [1.807, 2.05) is 0 Å². The molecule has 1 aromatic carbocycles. The van der Waals surface area contributed by atoms with Crippen molar-refractivity contribution in [2.24, 2.45) is 11.5 Å². The predicted molar refractivity (Wildman–Crippen MR) is 42.3 cm³/mol. The van der Waals surface area contributed by atoms with Gasteiger partial charge in [-0.05, 0) is 17.7 Å². The molecule has 2 nitrogen and oxygen atoms in total. The summed E-state index contributed by atoms with van der Waals surface area (Å²) in [7, 11) is 0. The fraction of sp³-hybridized carbons (Fsp3) is 0.250. The third-order valence-corrected chi connectivity index (χ3v) is 1.63. The van der Waals surface area contributed by atoms with E-state index < -0.39 is 17.7 Å². The van der Waals surface area contributed by atoms with Gasteiger partial charge in [-0.2, -0.15) is 0 Å². The Kier molecular flexibility index (Phi) is 2.73. The number of hydrogen-bond acceptors (Lipinski definition) is 2. The topological polar surface area (TPSA) is 52.0 Å². The van der Waals surface area contributed by atoms with Crippen molar-refractivity contribution in [1.29, 1.82) is 0 Å². The summed E-state index contributed by atoms with van der Waals surface area (Å²) in [5.41, 5.74) is 11.3. The number of hydrogen-bond donors (Lipinski definition) is 2. The highest BCUT2D eigenvalue weighted by atomic mass is 19.2. The second-order valence-corrected chi connectivity index (χ2v) is 2.52. The Morgan fingerprint density at radius 2 is 1.92 bits per heavy atom. The summed E-state index contributed by atoms with van der Waals surface area (Å²) in [6, 6.07) is 3.10. The van der Waals surface area contributed by atoms with Gasteiger partial charge in [0.2, 0.25) is 0 Å². The van der Waals surface area contributed by atoms with Gasteiger partial charge in [0.25, 0.3) is 0 Å². The van der Waals surface area contributed by atoms with E-state index in [0.717, 1.165) is 12.1 Å². The average molecular weight is 172 g/mol. The molecule has 1 rings (SSSR count). The molecule has 0 radical (unpaired) electrons. The second-order valence-electron chi connectivity index (χ2n) is 2.52. The quantitative estimate of drug-likeness (QED) is 0.697. The van der Waals surface area contributed by atoms with Crippen LogP contribution in [0.4, 0.5) is 8.78 Å². The summed E-state index contributed by atoms with van der Waals surface area (Å²) in [6.45, 7) is 0.213. The normalized spacial score (nSPS) is 13.0. The zero-order valence-corrected chi connectivity index (χ0v) is 6.43. The maximum Gasteiger partial charge on any atom is 0.159 e.